The maximum atomic E-state index is 3.77. The second-order valence-electron chi connectivity index (χ2n) is 2.19. The molecule has 0 aromatic heterocycles. The molecule has 0 amide bonds. The van der Waals surface area contributed by atoms with Crippen LogP contribution in [-0.2, 0) is 0 Å². The van der Waals surface area contributed by atoms with E-state index < -0.39 is 0 Å². The lowest BCUT2D eigenvalue weighted by atomic mass is 9.67. The molecule has 0 aliphatic carbocycles. The molecule has 0 heterocycles. The third kappa shape index (κ3) is 5.80. The van der Waals surface area contributed by atoms with Crippen molar-refractivity contribution < 1.29 is 0 Å². The van der Waals surface area contributed by atoms with Gasteiger partial charge in [0.2, 0.25) is 0 Å². The molecule has 0 fully saturated rings. The zero-order valence-electron chi connectivity index (χ0n) is 5.91. The van der Waals surface area contributed by atoms with Gasteiger partial charge in [0.25, 0.3) is 0 Å². The molecule has 0 unspecified atom stereocenters. The van der Waals surface area contributed by atoms with Crippen LogP contribution in [0.3, 0.4) is 0 Å². The van der Waals surface area contributed by atoms with E-state index in [1.165, 1.54) is 24.6 Å². The number of rotatable bonds is 4. The Hall–Kier alpha value is -0.195. The van der Waals surface area contributed by atoms with Crippen molar-refractivity contribution in [2.45, 2.75) is 33.0 Å². The molecule has 0 aromatic carbocycles. The minimum absolute atomic E-state index is 1.19. The first-order valence-electron chi connectivity index (χ1n) is 3.26. The quantitative estimate of drug-likeness (QED) is 0.384. The Morgan fingerprint density at radius 1 is 1.62 bits per heavy atom. The van der Waals surface area contributed by atoms with Crippen molar-refractivity contribution in [1.82, 2.24) is 0 Å². The molecule has 1 heteroatoms. The SMILES string of the molecule is C=C(C)[B]CCCC. The Morgan fingerprint density at radius 3 is 2.62 bits per heavy atom. The normalized spacial score (nSPS) is 8.75. The number of allylic oxidation sites excluding steroid dienone is 1. The fraction of sp³-hybridized carbons (Fsp3) is 0.714. The minimum Gasteiger partial charge on any atom is -0.119 e. The van der Waals surface area contributed by atoms with Crippen LogP contribution in [0.15, 0.2) is 12.1 Å². The monoisotopic (exact) mass is 109 g/mol. The van der Waals surface area contributed by atoms with E-state index in [0.29, 0.717) is 0 Å². The molecular weight excluding hydrogens is 94.9 g/mol. The summed E-state index contributed by atoms with van der Waals surface area (Å²) in [6, 6.07) is 0. The van der Waals surface area contributed by atoms with E-state index in [4.69, 9.17) is 0 Å². The maximum absolute atomic E-state index is 3.77. The van der Waals surface area contributed by atoms with E-state index in [0.717, 1.165) is 0 Å². The minimum atomic E-state index is 1.19. The predicted molar refractivity (Wildman–Crippen MR) is 40.3 cm³/mol. The Bertz CT molecular complexity index is 66.8. The molecule has 1 radical (unpaired) electrons. The summed E-state index contributed by atoms with van der Waals surface area (Å²) in [6.45, 7) is 8.01. The smallest absolute Gasteiger partial charge is 0.119 e. The van der Waals surface area contributed by atoms with Crippen molar-refractivity contribution in [1.29, 1.82) is 0 Å². The lowest BCUT2D eigenvalue weighted by Crippen LogP contribution is -1.88. The van der Waals surface area contributed by atoms with Crippen molar-refractivity contribution in [2.24, 2.45) is 0 Å². The molecule has 0 spiro atoms. The molecule has 8 heavy (non-hydrogen) atoms. The molecule has 0 atom stereocenters. The number of hydrogen-bond acceptors (Lipinski definition) is 0. The van der Waals surface area contributed by atoms with Crippen LogP contribution in [0.5, 0.6) is 0 Å². The highest BCUT2D eigenvalue weighted by molar-refractivity contribution is 6.44. The standard InChI is InChI=1S/C7H14B/c1-4-5-6-8-7(2)3/h2,4-6H2,1,3H3. The van der Waals surface area contributed by atoms with Gasteiger partial charge >= 0.3 is 0 Å². The zero-order valence-corrected chi connectivity index (χ0v) is 5.91. The van der Waals surface area contributed by atoms with Crippen molar-refractivity contribution in [2.75, 3.05) is 0 Å². The summed E-state index contributed by atoms with van der Waals surface area (Å²) in [5.41, 5.74) is 1.19. The molecule has 45 valence electrons. The summed E-state index contributed by atoms with van der Waals surface area (Å²) in [5, 5.41) is 0. The Morgan fingerprint density at radius 2 is 2.25 bits per heavy atom. The molecule has 0 aliphatic rings. The highest BCUT2D eigenvalue weighted by Gasteiger charge is 1.87. The van der Waals surface area contributed by atoms with Crippen molar-refractivity contribution in [3.05, 3.63) is 12.1 Å². The van der Waals surface area contributed by atoms with E-state index in [1.54, 1.807) is 0 Å². The molecule has 0 saturated heterocycles. The first kappa shape index (κ1) is 7.80. The molecule has 0 aromatic rings. The van der Waals surface area contributed by atoms with Gasteiger partial charge in [-0.3, -0.25) is 0 Å². The lowest BCUT2D eigenvalue weighted by molar-refractivity contribution is 0.880. The van der Waals surface area contributed by atoms with E-state index in [2.05, 4.69) is 20.8 Å². The van der Waals surface area contributed by atoms with Gasteiger partial charge in [-0.05, 0) is 0 Å². The van der Waals surface area contributed by atoms with Crippen LogP contribution in [0.25, 0.3) is 0 Å². The first-order valence-corrected chi connectivity index (χ1v) is 3.26. The van der Waals surface area contributed by atoms with E-state index in [9.17, 15) is 0 Å². The van der Waals surface area contributed by atoms with E-state index in [1.807, 2.05) is 6.92 Å². The fourth-order valence-electron chi connectivity index (χ4n) is 0.553. The average Bonchev–Trinajstić information content (AvgIpc) is 1.66. The molecule has 0 N–H and O–H groups in total. The van der Waals surface area contributed by atoms with Gasteiger partial charge in [-0.2, -0.15) is 0 Å². The Balaban J connectivity index is 2.82. The maximum Gasteiger partial charge on any atom is 0.144 e. The highest BCUT2D eigenvalue weighted by atomic mass is 13.7. The molecule has 0 aliphatic heterocycles. The van der Waals surface area contributed by atoms with Gasteiger partial charge < -0.3 is 0 Å². The predicted octanol–water partition coefficient (Wildman–Crippen LogP) is 2.44. The summed E-state index contributed by atoms with van der Waals surface area (Å²) in [7, 11) is 2.18. The number of unbranched alkanes of at least 4 members (excludes halogenated alkanes) is 1. The van der Waals surface area contributed by atoms with Crippen LogP contribution in [0, 0.1) is 0 Å². The summed E-state index contributed by atoms with van der Waals surface area (Å²) in [6.07, 6.45) is 3.78. The zero-order chi connectivity index (χ0) is 6.41. The van der Waals surface area contributed by atoms with Crippen molar-refractivity contribution in [3.63, 3.8) is 0 Å². The lowest BCUT2D eigenvalue weighted by Gasteiger charge is -1.92. The van der Waals surface area contributed by atoms with E-state index in [-0.39, 0.29) is 0 Å². The van der Waals surface area contributed by atoms with Crippen molar-refractivity contribution in [3.8, 4) is 0 Å². The number of hydrogen-bond donors (Lipinski definition) is 0. The molecule has 0 rings (SSSR count). The van der Waals surface area contributed by atoms with Crippen molar-refractivity contribution >= 4 is 7.28 Å². The highest BCUT2D eigenvalue weighted by Crippen LogP contribution is 1.96. The van der Waals surface area contributed by atoms with Gasteiger partial charge in [-0.1, -0.05) is 33.0 Å². The van der Waals surface area contributed by atoms with Gasteiger partial charge in [0.1, 0.15) is 7.28 Å². The van der Waals surface area contributed by atoms with Gasteiger partial charge in [-0.15, -0.1) is 12.1 Å². The van der Waals surface area contributed by atoms with Crippen LogP contribution in [0.1, 0.15) is 26.7 Å². The third-order valence-corrected chi connectivity index (χ3v) is 1.05. The molecule has 0 saturated carbocycles. The first-order chi connectivity index (χ1) is 3.77. The van der Waals surface area contributed by atoms with Crippen LogP contribution >= 0.6 is 0 Å². The largest absolute Gasteiger partial charge is 0.144 e. The second kappa shape index (κ2) is 4.95. The molecule has 0 nitrogen and oxygen atoms in total. The van der Waals surface area contributed by atoms with Gasteiger partial charge in [-0.25, -0.2) is 0 Å². The van der Waals surface area contributed by atoms with Crippen LogP contribution in [-0.4, -0.2) is 7.28 Å². The summed E-state index contributed by atoms with van der Waals surface area (Å²) in [5.74, 6) is 0. The van der Waals surface area contributed by atoms with Crippen LogP contribution in [0.4, 0.5) is 0 Å². The average molecular weight is 109 g/mol. The topological polar surface area (TPSA) is 0 Å². The molecular formula is C7H14B. The van der Waals surface area contributed by atoms with Gasteiger partial charge in [0, 0.05) is 0 Å². The van der Waals surface area contributed by atoms with Crippen LogP contribution in [0.2, 0.25) is 6.32 Å². The fourth-order valence-corrected chi connectivity index (χ4v) is 0.553. The van der Waals surface area contributed by atoms with Gasteiger partial charge in [0.15, 0.2) is 0 Å². The van der Waals surface area contributed by atoms with Gasteiger partial charge in [0.05, 0.1) is 0 Å². The molecule has 0 bridgehead atoms. The Kier molecular flexibility index (Phi) is 4.83. The third-order valence-electron chi connectivity index (χ3n) is 1.05. The van der Waals surface area contributed by atoms with E-state index >= 15 is 0 Å². The summed E-state index contributed by atoms with van der Waals surface area (Å²) < 4.78 is 0. The van der Waals surface area contributed by atoms with Crippen LogP contribution < -0.4 is 0 Å². The summed E-state index contributed by atoms with van der Waals surface area (Å²) in [4.78, 5) is 0. The second-order valence-corrected chi connectivity index (χ2v) is 2.19. The Labute approximate surface area is 53.2 Å². The summed E-state index contributed by atoms with van der Waals surface area (Å²) >= 11 is 0.